The molecule has 1 atom stereocenters. The van der Waals surface area contributed by atoms with E-state index in [4.69, 9.17) is 9.47 Å². The van der Waals surface area contributed by atoms with Crippen molar-refractivity contribution in [2.24, 2.45) is 11.3 Å². The van der Waals surface area contributed by atoms with Gasteiger partial charge in [-0.1, -0.05) is 37.7 Å². The summed E-state index contributed by atoms with van der Waals surface area (Å²) >= 11 is 1.06. The number of carbonyl (C=O) groups is 2. The molecule has 2 rings (SSSR count). The van der Waals surface area contributed by atoms with Crippen LogP contribution in [-0.4, -0.2) is 37.8 Å². The number of hydrogen-bond acceptors (Lipinski definition) is 7. The average Bonchev–Trinajstić information content (AvgIpc) is 2.69. The minimum Gasteiger partial charge on any atom is -0.493 e. The molecule has 1 aromatic carbocycles. The van der Waals surface area contributed by atoms with Crippen molar-refractivity contribution in [3.05, 3.63) is 34.9 Å². The lowest BCUT2D eigenvalue weighted by Gasteiger charge is -2.34. The summed E-state index contributed by atoms with van der Waals surface area (Å²) in [5.41, 5.74) is -0.631. The Morgan fingerprint density at radius 2 is 2.00 bits per heavy atom. The van der Waals surface area contributed by atoms with Crippen LogP contribution in [0.2, 0.25) is 0 Å². The van der Waals surface area contributed by atoms with E-state index >= 15 is 0 Å². The average molecular weight is 414 g/mol. The second kappa shape index (κ2) is 9.85. The first-order valence-corrected chi connectivity index (χ1v) is 9.84. The van der Waals surface area contributed by atoms with Gasteiger partial charge in [0.1, 0.15) is 12.5 Å². The zero-order chi connectivity index (χ0) is 21.4. The largest absolute Gasteiger partial charge is 0.493 e. The molecule has 0 saturated carbocycles. The smallest absolute Gasteiger partial charge is 0.243 e. The third-order valence-corrected chi connectivity index (χ3v) is 5.43. The number of para-hydroxylation sites is 2. The van der Waals surface area contributed by atoms with Crippen molar-refractivity contribution >= 4 is 23.6 Å². The first-order valence-electron chi connectivity index (χ1n) is 8.85. The molecule has 1 heterocycles. The maximum Gasteiger partial charge on any atom is 0.243 e. The Labute approximate surface area is 173 Å². The Kier molecular flexibility index (Phi) is 7.52. The van der Waals surface area contributed by atoms with Crippen LogP contribution in [0.5, 0.6) is 11.5 Å². The summed E-state index contributed by atoms with van der Waals surface area (Å²) in [7, 11) is 1.55. The molecule has 0 unspecified atom stereocenters. The Bertz CT molecular complexity index is 898. The minimum absolute atomic E-state index is 0.0166. The van der Waals surface area contributed by atoms with Crippen LogP contribution >= 0.6 is 11.8 Å². The Morgan fingerprint density at radius 3 is 2.62 bits per heavy atom. The van der Waals surface area contributed by atoms with Crippen LogP contribution in [-0.2, 0) is 9.59 Å². The normalized spacial score (nSPS) is 17.6. The zero-order valence-corrected chi connectivity index (χ0v) is 17.3. The van der Waals surface area contributed by atoms with Crippen LogP contribution in [0.1, 0.15) is 13.8 Å². The minimum atomic E-state index is -0.956. The molecule has 0 aromatic heterocycles. The monoisotopic (exact) mass is 414 g/mol. The van der Waals surface area contributed by atoms with Gasteiger partial charge in [0.25, 0.3) is 0 Å². The number of allylic oxidation sites excluding steroid dienone is 1. The molecule has 152 valence electrons. The van der Waals surface area contributed by atoms with E-state index in [1.54, 1.807) is 33.1 Å². The van der Waals surface area contributed by atoms with Gasteiger partial charge in [-0.05, 0) is 12.1 Å². The summed E-state index contributed by atoms with van der Waals surface area (Å²) in [5, 5.41) is 24.3. The van der Waals surface area contributed by atoms with Gasteiger partial charge in [-0.25, -0.2) is 0 Å². The van der Waals surface area contributed by atoms with E-state index < -0.39 is 17.2 Å². The van der Waals surface area contributed by atoms with Crippen molar-refractivity contribution in [1.82, 2.24) is 10.6 Å². The number of ether oxygens (including phenoxy) is 2. The van der Waals surface area contributed by atoms with Gasteiger partial charge in [-0.2, -0.15) is 10.5 Å². The lowest BCUT2D eigenvalue weighted by atomic mass is 9.72. The number of nitriles is 2. The molecule has 0 radical (unpaired) electrons. The Balaban J connectivity index is 1.87. The van der Waals surface area contributed by atoms with Crippen molar-refractivity contribution in [3.63, 3.8) is 0 Å². The number of hydrogen-bond donors (Lipinski definition) is 2. The van der Waals surface area contributed by atoms with Gasteiger partial charge in [0.15, 0.2) is 11.5 Å². The summed E-state index contributed by atoms with van der Waals surface area (Å²) < 4.78 is 10.8. The number of rotatable bonds is 8. The lowest BCUT2D eigenvalue weighted by molar-refractivity contribution is -0.125. The van der Waals surface area contributed by atoms with Crippen molar-refractivity contribution in [2.45, 2.75) is 13.8 Å². The van der Waals surface area contributed by atoms with Gasteiger partial charge >= 0.3 is 0 Å². The van der Waals surface area contributed by atoms with Crippen molar-refractivity contribution in [3.8, 4) is 23.6 Å². The number of methoxy groups -OCH3 is 1. The van der Waals surface area contributed by atoms with Gasteiger partial charge in [0.2, 0.25) is 11.8 Å². The number of nitrogens with one attached hydrogen (secondary N) is 2. The van der Waals surface area contributed by atoms with E-state index in [2.05, 4.69) is 16.7 Å². The topological polar surface area (TPSA) is 124 Å². The molecule has 0 bridgehead atoms. The van der Waals surface area contributed by atoms with Crippen molar-refractivity contribution in [1.29, 1.82) is 10.5 Å². The van der Waals surface area contributed by atoms with Crippen LogP contribution in [0.25, 0.3) is 0 Å². The molecule has 0 aliphatic carbocycles. The van der Waals surface area contributed by atoms with Crippen LogP contribution < -0.4 is 20.1 Å². The van der Waals surface area contributed by atoms with Crippen molar-refractivity contribution in [2.75, 3.05) is 26.0 Å². The van der Waals surface area contributed by atoms with Gasteiger partial charge < -0.3 is 20.1 Å². The highest BCUT2D eigenvalue weighted by atomic mass is 32.2. The summed E-state index contributed by atoms with van der Waals surface area (Å²) in [4.78, 5) is 24.2. The third kappa shape index (κ3) is 5.21. The number of amides is 2. The molecule has 2 N–H and O–H groups in total. The number of carbonyl (C=O) groups excluding carboxylic acids is 2. The highest BCUT2D eigenvalue weighted by Crippen LogP contribution is 2.41. The van der Waals surface area contributed by atoms with E-state index in [1.165, 1.54) is 0 Å². The SMILES string of the molecule is COc1ccccc1OCCNC(=O)CSC1=C(C#N)C(C)(C)[C@H](C#N)C(=O)N1. The zero-order valence-electron chi connectivity index (χ0n) is 16.4. The third-order valence-electron chi connectivity index (χ3n) is 4.43. The van der Waals surface area contributed by atoms with Crippen LogP contribution in [0.3, 0.4) is 0 Å². The molecule has 1 aliphatic heterocycles. The maximum atomic E-state index is 12.1. The maximum absolute atomic E-state index is 12.1. The van der Waals surface area contributed by atoms with E-state index in [9.17, 15) is 20.1 Å². The van der Waals surface area contributed by atoms with Crippen molar-refractivity contribution < 1.29 is 19.1 Å². The molecule has 0 saturated heterocycles. The Hall–Kier alpha value is -3.17. The summed E-state index contributed by atoms with van der Waals surface area (Å²) in [6, 6.07) is 11.2. The lowest BCUT2D eigenvalue weighted by Crippen LogP contribution is -2.44. The first kappa shape index (κ1) is 22.1. The van der Waals surface area contributed by atoms with E-state index in [1.807, 2.05) is 18.2 Å². The predicted octanol–water partition coefficient (Wildman–Crippen LogP) is 1.95. The molecule has 1 aliphatic rings. The highest BCUT2D eigenvalue weighted by molar-refractivity contribution is 8.03. The van der Waals surface area contributed by atoms with Gasteiger partial charge in [0, 0.05) is 5.41 Å². The number of thioether (sulfide) groups is 1. The molecule has 1 aromatic rings. The molecular formula is C20H22N4O4S. The van der Waals surface area contributed by atoms with Crippen LogP contribution in [0.15, 0.2) is 34.9 Å². The van der Waals surface area contributed by atoms with Gasteiger partial charge in [-0.15, -0.1) is 0 Å². The first-order chi connectivity index (χ1) is 13.8. The number of nitrogens with zero attached hydrogens (tertiary/aromatic N) is 2. The molecule has 8 nitrogen and oxygen atoms in total. The van der Waals surface area contributed by atoms with Gasteiger partial charge in [-0.3, -0.25) is 9.59 Å². The second-order valence-corrected chi connectivity index (χ2v) is 7.71. The predicted molar refractivity (Wildman–Crippen MR) is 108 cm³/mol. The Morgan fingerprint density at radius 1 is 1.31 bits per heavy atom. The standard InChI is InChI=1S/C20H22N4O4S/c1-20(2)13(10-21)18(26)24-19(14(20)11-22)29-12-17(25)23-8-9-28-16-7-5-4-6-15(16)27-3/h4-7,13H,8-9,12H2,1-3H3,(H,23,25)(H,24,26)/t13-/m1/s1. The summed E-state index contributed by atoms with van der Waals surface area (Å²) in [6.45, 7) is 3.90. The highest BCUT2D eigenvalue weighted by Gasteiger charge is 2.44. The van der Waals surface area contributed by atoms with E-state index in [-0.39, 0.29) is 24.8 Å². The molecule has 0 fully saturated rings. The summed E-state index contributed by atoms with van der Waals surface area (Å²) in [6.07, 6.45) is 0. The van der Waals surface area contributed by atoms with E-state index in [0.29, 0.717) is 22.1 Å². The second-order valence-electron chi connectivity index (χ2n) is 6.73. The molecule has 2 amide bonds. The van der Waals surface area contributed by atoms with Gasteiger partial charge in [0.05, 0.1) is 42.1 Å². The van der Waals surface area contributed by atoms with Crippen LogP contribution in [0.4, 0.5) is 0 Å². The van der Waals surface area contributed by atoms with E-state index in [0.717, 1.165) is 11.8 Å². The fraction of sp³-hybridized carbons (Fsp3) is 0.400. The number of benzene rings is 1. The van der Waals surface area contributed by atoms with Crippen LogP contribution in [0, 0.1) is 34.0 Å². The molecule has 9 heteroatoms. The quantitative estimate of drug-likeness (QED) is 0.623. The molecule has 0 spiro atoms. The fourth-order valence-corrected chi connectivity index (χ4v) is 3.82. The molecular weight excluding hydrogens is 392 g/mol. The molecule has 29 heavy (non-hydrogen) atoms. The fourth-order valence-electron chi connectivity index (χ4n) is 2.81. The summed E-state index contributed by atoms with van der Waals surface area (Å²) in [5.74, 6) is -0.480.